The van der Waals surface area contributed by atoms with Crippen LogP contribution in [0.25, 0.3) is 0 Å². The van der Waals surface area contributed by atoms with Crippen LogP contribution in [0.5, 0.6) is 5.75 Å². The van der Waals surface area contributed by atoms with Crippen LogP contribution in [0.15, 0.2) is 56.9 Å². The lowest BCUT2D eigenvalue weighted by atomic mass is 10.1. The number of halogens is 1. The number of sulfonamides is 1. The Labute approximate surface area is 177 Å². The van der Waals surface area contributed by atoms with Crippen molar-refractivity contribution in [2.24, 2.45) is 5.10 Å². The minimum Gasteiger partial charge on any atom is -0.507 e. The highest BCUT2D eigenvalue weighted by Crippen LogP contribution is 2.22. The van der Waals surface area contributed by atoms with E-state index >= 15 is 0 Å². The summed E-state index contributed by atoms with van der Waals surface area (Å²) >= 11 is 3.32. The fourth-order valence-electron chi connectivity index (χ4n) is 2.79. The topological polar surface area (TPSA) is 108 Å². The van der Waals surface area contributed by atoms with E-state index in [0.717, 1.165) is 4.47 Å². The number of hydrogen-bond donors (Lipinski definition) is 2. The number of morpholine rings is 1. The molecule has 29 heavy (non-hydrogen) atoms. The molecule has 1 heterocycles. The monoisotopic (exact) mass is 481 g/mol. The largest absolute Gasteiger partial charge is 0.507 e. The Bertz CT molecular complexity index is 1050. The fourth-order valence-corrected chi connectivity index (χ4v) is 4.61. The van der Waals surface area contributed by atoms with E-state index in [1.54, 1.807) is 19.1 Å². The third kappa shape index (κ3) is 5.02. The molecule has 1 fully saturated rings. The zero-order chi connectivity index (χ0) is 21.0. The molecule has 1 amide bonds. The number of carbonyl (C=O) groups is 1. The number of nitrogens with one attached hydrogen (secondary N) is 1. The zero-order valence-electron chi connectivity index (χ0n) is 15.6. The van der Waals surface area contributed by atoms with Crippen molar-refractivity contribution < 1.29 is 23.1 Å². The average molecular weight is 482 g/mol. The second-order valence-electron chi connectivity index (χ2n) is 6.34. The minimum absolute atomic E-state index is 0.0299. The first-order valence-corrected chi connectivity index (χ1v) is 11.0. The second kappa shape index (κ2) is 9.04. The summed E-state index contributed by atoms with van der Waals surface area (Å²) < 4.78 is 32.8. The molecule has 1 saturated heterocycles. The highest BCUT2D eigenvalue weighted by Gasteiger charge is 2.26. The van der Waals surface area contributed by atoms with Crippen LogP contribution in [0, 0.1) is 0 Å². The summed E-state index contributed by atoms with van der Waals surface area (Å²) in [6, 6.07) is 10.7. The van der Waals surface area contributed by atoms with Gasteiger partial charge in [-0.15, -0.1) is 0 Å². The molecule has 10 heteroatoms. The van der Waals surface area contributed by atoms with E-state index in [-0.39, 0.29) is 29.3 Å². The number of rotatable bonds is 5. The number of nitrogens with zero attached hydrogens (tertiary/aromatic N) is 2. The third-order valence-electron chi connectivity index (χ3n) is 4.38. The standard InChI is InChI=1S/C19H20BrN3O5S/c1-13(17-12-15(20)5-6-18(17)24)21-22-19(25)14-3-2-4-16(11-14)29(26,27)23-7-9-28-10-8-23/h2-6,11-12,24H,7-10H2,1H3,(H,22,25)/b21-13+. The fraction of sp³-hybridized carbons (Fsp3) is 0.263. The molecule has 3 rings (SSSR count). The van der Waals surface area contributed by atoms with Gasteiger partial charge in [-0.3, -0.25) is 4.79 Å². The quantitative estimate of drug-likeness (QED) is 0.503. The Morgan fingerprint density at radius 2 is 1.93 bits per heavy atom. The van der Waals surface area contributed by atoms with Crippen molar-refractivity contribution in [3.8, 4) is 5.75 Å². The Balaban J connectivity index is 1.78. The minimum atomic E-state index is -3.70. The predicted octanol–water partition coefficient (Wildman–Crippen LogP) is 2.33. The van der Waals surface area contributed by atoms with E-state index in [4.69, 9.17) is 4.74 Å². The number of hydrogen-bond acceptors (Lipinski definition) is 6. The second-order valence-corrected chi connectivity index (χ2v) is 9.20. The molecule has 0 saturated carbocycles. The number of phenolic OH excluding ortho intramolecular Hbond substituents is 1. The molecule has 0 bridgehead atoms. The van der Waals surface area contributed by atoms with Gasteiger partial charge in [-0.25, -0.2) is 13.8 Å². The van der Waals surface area contributed by atoms with Gasteiger partial charge in [0.15, 0.2) is 0 Å². The lowest BCUT2D eigenvalue weighted by Crippen LogP contribution is -2.40. The van der Waals surface area contributed by atoms with Crippen molar-refractivity contribution in [2.45, 2.75) is 11.8 Å². The first kappa shape index (κ1) is 21.4. The molecule has 0 unspecified atom stereocenters. The molecule has 1 aliphatic rings. The van der Waals surface area contributed by atoms with Crippen LogP contribution in [0.4, 0.5) is 0 Å². The van der Waals surface area contributed by atoms with Gasteiger partial charge in [-0.2, -0.15) is 9.41 Å². The SMILES string of the molecule is C/C(=N\NC(=O)c1cccc(S(=O)(=O)N2CCOCC2)c1)c1cc(Br)ccc1O. The number of benzene rings is 2. The van der Waals surface area contributed by atoms with Crippen molar-refractivity contribution in [2.75, 3.05) is 26.3 Å². The number of carbonyl (C=O) groups excluding carboxylic acids is 1. The van der Waals surface area contributed by atoms with Crippen molar-refractivity contribution in [1.82, 2.24) is 9.73 Å². The normalized spacial score (nSPS) is 15.9. The number of aromatic hydroxyl groups is 1. The van der Waals surface area contributed by atoms with Crippen LogP contribution < -0.4 is 5.43 Å². The van der Waals surface area contributed by atoms with E-state index in [1.165, 1.54) is 34.6 Å². The molecule has 8 nitrogen and oxygen atoms in total. The van der Waals surface area contributed by atoms with Crippen LogP contribution >= 0.6 is 15.9 Å². The summed E-state index contributed by atoms with van der Waals surface area (Å²) in [7, 11) is -3.70. The number of ether oxygens (including phenoxy) is 1. The van der Waals surface area contributed by atoms with Gasteiger partial charge in [0.1, 0.15) is 5.75 Å². The van der Waals surface area contributed by atoms with E-state index in [0.29, 0.717) is 24.5 Å². The molecule has 0 radical (unpaired) electrons. The lowest BCUT2D eigenvalue weighted by molar-refractivity contribution is 0.0730. The van der Waals surface area contributed by atoms with Gasteiger partial charge in [-0.1, -0.05) is 22.0 Å². The van der Waals surface area contributed by atoms with Crippen molar-refractivity contribution >= 4 is 37.6 Å². The lowest BCUT2D eigenvalue weighted by Gasteiger charge is -2.26. The van der Waals surface area contributed by atoms with Crippen LogP contribution in [-0.2, 0) is 14.8 Å². The zero-order valence-corrected chi connectivity index (χ0v) is 18.0. The van der Waals surface area contributed by atoms with E-state index in [2.05, 4.69) is 26.5 Å². The summed E-state index contributed by atoms with van der Waals surface area (Å²) in [5, 5.41) is 14.0. The van der Waals surface area contributed by atoms with Gasteiger partial charge in [0.25, 0.3) is 5.91 Å². The number of hydrazone groups is 1. The number of amides is 1. The summed E-state index contributed by atoms with van der Waals surface area (Å²) in [6.07, 6.45) is 0. The smallest absolute Gasteiger partial charge is 0.271 e. The van der Waals surface area contributed by atoms with Gasteiger partial charge in [-0.05, 0) is 43.3 Å². The highest BCUT2D eigenvalue weighted by molar-refractivity contribution is 9.10. The van der Waals surface area contributed by atoms with Gasteiger partial charge >= 0.3 is 0 Å². The molecule has 2 aromatic rings. The maximum Gasteiger partial charge on any atom is 0.271 e. The van der Waals surface area contributed by atoms with E-state index < -0.39 is 15.9 Å². The molecular formula is C19H20BrN3O5S. The van der Waals surface area contributed by atoms with Crippen LogP contribution in [0.3, 0.4) is 0 Å². The molecule has 154 valence electrons. The third-order valence-corrected chi connectivity index (χ3v) is 6.77. The average Bonchev–Trinajstić information content (AvgIpc) is 2.74. The predicted molar refractivity (Wildman–Crippen MR) is 112 cm³/mol. The van der Waals surface area contributed by atoms with Crippen molar-refractivity contribution in [1.29, 1.82) is 0 Å². The summed E-state index contributed by atoms with van der Waals surface area (Å²) in [5.41, 5.74) is 3.42. The Hall–Kier alpha value is -2.27. The van der Waals surface area contributed by atoms with Gasteiger partial charge in [0.05, 0.1) is 23.8 Å². The Kier molecular flexibility index (Phi) is 6.68. The summed E-state index contributed by atoms with van der Waals surface area (Å²) in [6.45, 7) is 2.88. The molecule has 1 aliphatic heterocycles. The Morgan fingerprint density at radius 3 is 2.66 bits per heavy atom. The molecular weight excluding hydrogens is 462 g/mol. The molecule has 0 aliphatic carbocycles. The van der Waals surface area contributed by atoms with Gasteiger partial charge in [0.2, 0.25) is 10.0 Å². The Morgan fingerprint density at radius 1 is 1.21 bits per heavy atom. The van der Waals surface area contributed by atoms with Crippen LogP contribution in [-0.4, -0.2) is 55.8 Å². The summed E-state index contributed by atoms with van der Waals surface area (Å²) in [5.74, 6) is -0.528. The number of phenols is 1. The van der Waals surface area contributed by atoms with Crippen molar-refractivity contribution in [3.63, 3.8) is 0 Å². The van der Waals surface area contributed by atoms with Crippen LogP contribution in [0.1, 0.15) is 22.8 Å². The molecule has 0 aromatic heterocycles. The first-order chi connectivity index (χ1) is 13.8. The van der Waals surface area contributed by atoms with Gasteiger partial charge in [0, 0.05) is 28.7 Å². The van der Waals surface area contributed by atoms with Crippen molar-refractivity contribution in [3.05, 3.63) is 58.1 Å². The van der Waals surface area contributed by atoms with E-state index in [9.17, 15) is 18.3 Å². The highest BCUT2D eigenvalue weighted by atomic mass is 79.9. The molecule has 0 spiro atoms. The maximum absolute atomic E-state index is 12.8. The molecule has 0 atom stereocenters. The summed E-state index contributed by atoms with van der Waals surface area (Å²) in [4.78, 5) is 12.5. The maximum atomic E-state index is 12.8. The first-order valence-electron chi connectivity index (χ1n) is 8.80. The van der Waals surface area contributed by atoms with Gasteiger partial charge < -0.3 is 9.84 Å². The molecule has 2 N–H and O–H groups in total. The van der Waals surface area contributed by atoms with E-state index in [1.807, 2.05) is 0 Å². The van der Waals surface area contributed by atoms with Crippen LogP contribution in [0.2, 0.25) is 0 Å². The molecule has 2 aromatic carbocycles.